The second kappa shape index (κ2) is 9.80. The maximum absolute atomic E-state index is 12.3. The molecule has 2 aliphatic heterocycles. The van der Waals surface area contributed by atoms with Crippen molar-refractivity contribution in [1.29, 1.82) is 0 Å². The number of hydrogen-bond acceptors (Lipinski definition) is 5. The Balaban J connectivity index is 1.38. The molecule has 3 rings (SSSR count). The number of amides is 2. The first-order valence-electron chi connectivity index (χ1n) is 9.77. The lowest BCUT2D eigenvalue weighted by molar-refractivity contribution is 0.104. The summed E-state index contributed by atoms with van der Waals surface area (Å²) in [5, 5.41) is 3.01. The molecule has 2 heterocycles. The van der Waals surface area contributed by atoms with Gasteiger partial charge in [0.1, 0.15) is 0 Å². The fraction of sp³-hybridized carbons (Fsp3) is 0.650. The van der Waals surface area contributed by atoms with Gasteiger partial charge in [0, 0.05) is 45.9 Å². The van der Waals surface area contributed by atoms with Crippen LogP contribution in [0.2, 0.25) is 0 Å². The molecule has 1 atom stereocenters. The zero-order chi connectivity index (χ0) is 19.1. The number of benzene rings is 1. The molecule has 150 valence electrons. The van der Waals surface area contributed by atoms with Crippen LogP contribution in [0.3, 0.4) is 0 Å². The summed E-state index contributed by atoms with van der Waals surface area (Å²) in [4.78, 5) is 16.6. The zero-order valence-electron chi connectivity index (χ0n) is 16.4. The van der Waals surface area contributed by atoms with Crippen molar-refractivity contribution < 1.29 is 19.0 Å². The van der Waals surface area contributed by atoms with Crippen LogP contribution in [0.15, 0.2) is 18.2 Å². The minimum absolute atomic E-state index is 0.0324. The molecule has 27 heavy (non-hydrogen) atoms. The van der Waals surface area contributed by atoms with Gasteiger partial charge in [-0.2, -0.15) is 0 Å². The van der Waals surface area contributed by atoms with Crippen molar-refractivity contribution in [2.24, 2.45) is 0 Å². The van der Waals surface area contributed by atoms with Crippen LogP contribution in [0.4, 0.5) is 4.79 Å². The fourth-order valence-corrected chi connectivity index (χ4v) is 3.62. The van der Waals surface area contributed by atoms with E-state index in [0.29, 0.717) is 6.54 Å². The van der Waals surface area contributed by atoms with E-state index in [1.807, 2.05) is 17.0 Å². The van der Waals surface area contributed by atoms with Crippen LogP contribution in [0.1, 0.15) is 18.4 Å². The van der Waals surface area contributed by atoms with E-state index in [4.69, 9.17) is 14.2 Å². The van der Waals surface area contributed by atoms with Gasteiger partial charge in [-0.25, -0.2) is 4.79 Å². The molecule has 2 aliphatic rings. The van der Waals surface area contributed by atoms with Gasteiger partial charge in [0.15, 0.2) is 11.5 Å². The topological polar surface area (TPSA) is 63.3 Å². The monoisotopic (exact) mass is 377 g/mol. The van der Waals surface area contributed by atoms with Gasteiger partial charge >= 0.3 is 6.03 Å². The molecule has 1 aromatic carbocycles. The molecule has 0 radical (unpaired) electrons. The number of nitrogens with one attached hydrogen (secondary N) is 1. The van der Waals surface area contributed by atoms with E-state index in [-0.39, 0.29) is 12.1 Å². The summed E-state index contributed by atoms with van der Waals surface area (Å²) in [5.41, 5.74) is 1.23. The van der Waals surface area contributed by atoms with Crippen molar-refractivity contribution in [3.05, 3.63) is 23.8 Å². The Morgan fingerprint density at radius 2 is 1.96 bits per heavy atom. The van der Waals surface area contributed by atoms with Crippen molar-refractivity contribution in [2.45, 2.75) is 25.4 Å². The third-order valence-electron chi connectivity index (χ3n) is 5.33. The van der Waals surface area contributed by atoms with Gasteiger partial charge in [-0.1, -0.05) is 6.07 Å². The summed E-state index contributed by atoms with van der Waals surface area (Å²) in [6.45, 7) is 5.76. The highest BCUT2D eigenvalue weighted by Gasteiger charge is 2.22. The van der Waals surface area contributed by atoms with E-state index < -0.39 is 0 Å². The van der Waals surface area contributed by atoms with Gasteiger partial charge < -0.3 is 24.4 Å². The lowest BCUT2D eigenvalue weighted by Gasteiger charge is -2.34. The molecule has 0 spiro atoms. The maximum atomic E-state index is 12.3. The van der Waals surface area contributed by atoms with Crippen molar-refractivity contribution in [3.63, 3.8) is 0 Å². The Morgan fingerprint density at radius 1 is 1.19 bits per heavy atom. The Kier molecular flexibility index (Phi) is 7.18. The minimum atomic E-state index is 0.0324. The first-order chi connectivity index (χ1) is 13.2. The first-order valence-corrected chi connectivity index (χ1v) is 9.77. The van der Waals surface area contributed by atoms with Crippen LogP contribution >= 0.6 is 0 Å². The van der Waals surface area contributed by atoms with Crippen LogP contribution in [-0.4, -0.2) is 82.0 Å². The number of urea groups is 1. The molecular weight excluding hydrogens is 346 g/mol. The number of carbonyl (C=O) groups excluding carboxylic acids is 1. The highest BCUT2D eigenvalue weighted by atomic mass is 16.5. The van der Waals surface area contributed by atoms with Crippen molar-refractivity contribution >= 4 is 6.03 Å². The van der Waals surface area contributed by atoms with Crippen molar-refractivity contribution in [1.82, 2.24) is 15.1 Å². The Bertz CT molecular complexity index is 611. The number of methoxy groups -OCH3 is 2. The third kappa shape index (κ3) is 5.49. The van der Waals surface area contributed by atoms with Crippen LogP contribution < -0.4 is 14.8 Å². The average Bonchev–Trinajstić information content (AvgIpc) is 3.24. The van der Waals surface area contributed by atoms with Gasteiger partial charge in [0.25, 0.3) is 0 Å². The van der Waals surface area contributed by atoms with Gasteiger partial charge in [0.2, 0.25) is 0 Å². The van der Waals surface area contributed by atoms with E-state index in [1.165, 1.54) is 5.56 Å². The zero-order valence-corrected chi connectivity index (χ0v) is 16.4. The lowest BCUT2D eigenvalue weighted by atomic mass is 10.1. The second-order valence-corrected chi connectivity index (χ2v) is 7.09. The van der Waals surface area contributed by atoms with Crippen LogP contribution in [0, 0.1) is 0 Å². The number of piperazine rings is 1. The molecule has 1 unspecified atom stereocenters. The lowest BCUT2D eigenvalue weighted by Crippen LogP contribution is -2.52. The molecule has 2 saturated heterocycles. The van der Waals surface area contributed by atoms with Crippen molar-refractivity contribution in [3.8, 4) is 11.5 Å². The van der Waals surface area contributed by atoms with Gasteiger partial charge in [-0.15, -0.1) is 0 Å². The average molecular weight is 377 g/mol. The van der Waals surface area contributed by atoms with Crippen LogP contribution in [0.25, 0.3) is 0 Å². The van der Waals surface area contributed by atoms with Gasteiger partial charge in [-0.05, 0) is 37.0 Å². The quantitative estimate of drug-likeness (QED) is 0.784. The molecule has 2 amide bonds. The molecule has 1 N–H and O–H groups in total. The molecule has 7 nitrogen and oxygen atoms in total. The number of nitrogens with zero attached hydrogens (tertiary/aromatic N) is 2. The molecule has 0 saturated carbocycles. The second-order valence-electron chi connectivity index (χ2n) is 7.09. The van der Waals surface area contributed by atoms with E-state index in [0.717, 1.165) is 70.1 Å². The highest BCUT2D eigenvalue weighted by molar-refractivity contribution is 5.74. The predicted octanol–water partition coefficient (Wildman–Crippen LogP) is 1.75. The van der Waals surface area contributed by atoms with E-state index in [1.54, 1.807) is 14.2 Å². The summed E-state index contributed by atoms with van der Waals surface area (Å²) in [6, 6.07) is 6.10. The number of hydrogen-bond donors (Lipinski definition) is 1. The summed E-state index contributed by atoms with van der Waals surface area (Å²) < 4.78 is 16.2. The summed E-state index contributed by atoms with van der Waals surface area (Å²) in [6.07, 6.45) is 3.28. The van der Waals surface area contributed by atoms with Crippen LogP contribution in [-0.2, 0) is 11.2 Å². The van der Waals surface area contributed by atoms with Crippen LogP contribution in [0.5, 0.6) is 11.5 Å². The van der Waals surface area contributed by atoms with Crippen molar-refractivity contribution in [2.75, 3.05) is 60.1 Å². The number of rotatable bonds is 7. The summed E-state index contributed by atoms with van der Waals surface area (Å²) in [5.74, 6) is 1.52. The molecule has 2 fully saturated rings. The Morgan fingerprint density at radius 3 is 2.63 bits per heavy atom. The minimum Gasteiger partial charge on any atom is -0.493 e. The summed E-state index contributed by atoms with van der Waals surface area (Å²) >= 11 is 0. The first kappa shape index (κ1) is 19.8. The van der Waals surface area contributed by atoms with Gasteiger partial charge in [0.05, 0.1) is 20.3 Å². The standard InChI is InChI=1S/C20H31N3O4/c1-25-18-6-5-16(14-19(18)26-2)7-8-22-9-11-23(12-10-22)20(24)21-15-17-4-3-13-27-17/h5-6,14,17H,3-4,7-13,15H2,1-2H3,(H,21,24). The molecular formula is C20H31N3O4. The smallest absolute Gasteiger partial charge is 0.317 e. The molecule has 0 aliphatic carbocycles. The Labute approximate surface area is 161 Å². The molecule has 0 aromatic heterocycles. The summed E-state index contributed by atoms with van der Waals surface area (Å²) in [7, 11) is 3.30. The highest BCUT2D eigenvalue weighted by Crippen LogP contribution is 2.27. The molecule has 7 heteroatoms. The van der Waals surface area contributed by atoms with E-state index in [2.05, 4.69) is 16.3 Å². The SMILES string of the molecule is COc1ccc(CCN2CCN(C(=O)NCC3CCCO3)CC2)cc1OC. The van der Waals surface area contributed by atoms with E-state index in [9.17, 15) is 4.79 Å². The Hall–Kier alpha value is -1.99. The van der Waals surface area contributed by atoms with Gasteiger partial charge in [-0.3, -0.25) is 4.90 Å². The number of ether oxygens (including phenoxy) is 3. The van der Waals surface area contributed by atoms with E-state index >= 15 is 0 Å². The third-order valence-corrected chi connectivity index (χ3v) is 5.33. The molecule has 1 aromatic rings. The number of carbonyl (C=O) groups is 1. The maximum Gasteiger partial charge on any atom is 0.317 e. The molecule has 0 bridgehead atoms. The largest absolute Gasteiger partial charge is 0.493 e. The predicted molar refractivity (Wildman–Crippen MR) is 104 cm³/mol. The fourth-order valence-electron chi connectivity index (χ4n) is 3.62. The normalized spacial score (nSPS) is 20.5.